The molecule has 12 rings (SSSR count). The van der Waals surface area contributed by atoms with Crippen molar-refractivity contribution in [2.75, 3.05) is 13.4 Å². The van der Waals surface area contributed by atoms with Gasteiger partial charge in [0.05, 0.1) is 42.6 Å². The molecule has 0 heterocycles. The van der Waals surface area contributed by atoms with Crippen molar-refractivity contribution in [1.82, 2.24) is 0 Å². The number of aldehydes is 6. The number of carbonyl (C=O) groups excluding carboxylic acids is 6. The van der Waals surface area contributed by atoms with Crippen LogP contribution in [0.2, 0.25) is 0 Å². The molecule has 0 fully saturated rings. The first-order chi connectivity index (χ1) is 49.1. The van der Waals surface area contributed by atoms with Crippen LogP contribution in [0.25, 0.3) is 0 Å². The van der Waals surface area contributed by atoms with Gasteiger partial charge < -0.3 is 38.6 Å². The molecule has 0 aromatic heterocycles. The molecule has 5 unspecified atom stereocenters. The maximum absolute atomic E-state index is 11.3. The van der Waals surface area contributed by atoms with Gasteiger partial charge in [0.1, 0.15) is 49.2 Å². The van der Waals surface area contributed by atoms with Crippen LogP contribution in [-0.4, -0.2) is 56.2 Å². The molecule has 0 saturated heterocycles. The molecule has 0 aliphatic heterocycles. The second kappa shape index (κ2) is 41.1. The maximum Gasteiger partial charge on any atom is 0.131 e. The number of carbonyl (C=O) groups is 6. The van der Waals surface area contributed by atoms with Crippen molar-refractivity contribution in [3.05, 3.63) is 410 Å². The van der Waals surface area contributed by atoms with E-state index in [1.54, 1.807) is 43.1 Å². The number of benzene rings is 12. The molecule has 0 aliphatic rings. The Labute approximate surface area is 600 Å². The molecule has 510 valence electrons. The van der Waals surface area contributed by atoms with Gasteiger partial charge in [-0.3, -0.25) is 0 Å². The molecule has 1 N–H and O–H groups in total. The molecule has 0 aliphatic carbocycles. The Hall–Kier alpha value is -11.4. The SMILES string of the molecule is COc1ccc(C(C=O)c2ccc(C)cc2)cc1.CSc1ccc(C(C=O)c2ccc(C)cc2)cc1.Cc1ccc(C(C=O)c2ccc(C)cc2)cc1.Cc1ccc(C(C=O)c2ccccc2)cc1.Cc1ccc(C(C=O)c2ccccc2)cc1.O=CC(c1ccccc1)c1ccc(O)cc1. The van der Waals surface area contributed by atoms with Gasteiger partial charge in [-0.2, -0.15) is 0 Å². The maximum atomic E-state index is 11.3. The van der Waals surface area contributed by atoms with E-state index in [4.69, 9.17) is 4.74 Å². The van der Waals surface area contributed by atoms with Gasteiger partial charge in [0.25, 0.3) is 0 Å². The lowest BCUT2D eigenvalue weighted by Gasteiger charge is -2.12. The molecule has 12 aromatic rings. The van der Waals surface area contributed by atoms with Gasteiger partial charge in [-0.1, -0.05) is 306 Å². The number of aryl methyl sites for hydroxylation is 6. The number of phenols is 1. The third-order valence-electron chi connectivity index (χ3n) is 17.1. The highest BCUT2D eigenvalue weighted by Gasteiger charge is 2.18. The van der Waals surface area contributed by atoms with Crippen molar-refractivity contribution >= 4 is 49.5 Å². The molecule has 101 heavy (non-hydrogen) atoms. The fraction of sp³-hybridized carbons (Fsp3) is 0.152. The second-order valence-electron chi connectivity index (χ2n) is 24.5. The third kappa shape index (κ3) is 23.9. The molecule has 5 atom stereocenters. The van der Waals surface area contributed by atoms with Crippen LogP contribution in [0.4, 0.5) is 0 Å². The topological polar surface area (TPSA) is 132 Å². The van der Waals surface area contributed by atoms with E-state index in [-0.39, 0.29) is 41.3 Å². The van der Waals surface area contributed by atoms with Gasteiger partial charge in [0.2, 0.25) is 0 Å². The van der Waals surface area contributed by atoms with Gasteiger partial charge in [0, 0.05) is 4.90 Å². The molecule has 0 amide bonds. The van der Waals surface area contributed by atoms with Gasteiger partial charge in [0.15, 0.2) is 0 Å². The third-order valence-corrected chi connectivity index (χ3v) is 17.9. The van der Waals surface area contributed by atoms with E-state index in [9.17, 15) is 33.9 Å². The quantitative estimate of drug-likeness (QED) is 0.0585. The minimum atomic E-state index is -0.262. The van der Waals surface area contributed by atoms with E-state index >= 15 is 0 Å². The van der Waals surface area contributed by atoms with Gasteiger partial charge in [-0.05, 0) is 151 Å². The number of hydrogen-bond donors (Lipinski definition) is 1. The minimum absolute atomic E-state index is 0.151. The summed E-state index contributed by atoms with van der Waals surface area (Å²) in [7, 11) is 1.63. The Morgan fingerprint density at radius 1 is 0.248 bits per heavy atom. The Morgan fingerprint density at radius 3 is 0.594 bits per heavy atom. The molecule has 12 aromatic carbocycles. The monoisotopic (exact) mass is 1350 g/mol. The zero-order chi connectivity index (χ0) is 72.3. The Kier molecular flexibility index (Phi) is 31.3. The van der Waals surface area contributed by atoms with Gasteiger partial charge in [-0.25, -0.2) is 0 Å². The number of thioether (sulfide) groups is 1. The van der Waals surface area contributed by atoms with Crippen molar-refractivity contribution in [2.24, 2.45) is 0 Å². The average molecular weight is 1350 g/mol. The summed E-state index contributed by atoms with van der Waals surface area (Å²) in [6.45, 7) is 12.3. The van der Waals surface area contributed by atoms with Crippen molar-refractivity contribution in [2.45, 2.75) is 81.9 Å². The summed E-state index contributed by atoms with van der Waals surface area (Å²) >= 11 is 1.71. The Balaban J connectivity index is 0.000000170. The minimum Gasteiger partial charge on any atom is -0.508 e. The van der Waals surface area contributed by atoms with E-state index in [0.29, 0.717) is 0 Å². The van der Waals surface area contributed by atoms with Crippen LogP contribution in [0.15, 0.2) is 314 Å². The molecular weight excluding hydrogens is 1270 g/mol. The van der Waals surface area contributed by atoms with Crippen LogP contribution in [0.1, 0.15) is 136 Å². The lowest BCUT2D eigenvalue weighted by atomic mass is 9.92. The highest BCUT2D eigenvalue weighted by Crippen LogP contribution is 2.30. The van der Waals surface area contributed by atoms with Crippen LogP contribution >= 0.6 is 11.8 Å². The normalized spacial score (nSPS) is 11.8. The van der Waals surface area contributed by atoms with Crippen molar-refractivity contribution < 1.29 is 38.6 Å². The second-order valence-corrected chi connectivity index (χ2v) is 25.4. The van der Waals surface area contributed by atoms with E-state index in [1.807, 2.05) is 321 Å². The summed E-state index contributed by atoms with van der Waals surface area (Å²) in [4.78, 5) is 68.7. The summed E-state index contributed by atoms with van der Waals surface area (Å²) in [5.74, 6) is -0.0895. The zero-order valence-electron chi connectivity index (χ0n) is 58.6. The largest absolute Gasteiger partial charge is 0.508 e. The van der Waals surface area contributed by atoms with E-state index in [0.717, 1.165) is 110 Å². The highest BCUT2D eigenvalue weighted by molar-refractivity contribution is 7.98. The first-order valence-electron chi connectivity index (χ1n) is 33.5. The van der Waals surface area contributed by atoms with Gasteiger partial charge >= 0.3 is 0 Å². The number of rotatable bonds is 20. The highest BCUT2D eigenvalue weighted by atomic mass is 32.2. The van der Waals surface area contributed by atoms with E-state index in [2.05, 4.69) is 12.1 Å². The van der Waals surface area contributed by atoms with Gasteiger partial charge in [-0.15, -0.1) is 11.8 Å². The van der Waals surface area contributed by atoms with Crippen molar-refractivity contribution in [1.29, 1.82) is 0 Å². The number of hydrogen-bond acceptors (Lipinski definition) is 9. The average Bonchev–Trinajstić information content (AvgIpc) is 0.939. The van der Waals surface area contributed by atoms with Crippen LogP contribution in [-0.2, 0) is 28.8 Å². The van der Waals surface area contributed by atoms with Crippen LogP contribution in [0.5, 0.6) is 11.5 Å². The summed E-state index contributed by atoms with van der Waals surface area (Å²) < 4.78 is 5.12. The number of methoxy groups -OCH3 is 1. The molecule has 0 spiro atoms. The molecule has 0 bridgehead atoms. The zero-order valence-corrected chi connectivity index (χ0v) is 59.4. The summed E-state index contributed by atoms with van der Waals surface area (Å²) in [5.41, 5.74) is 19.5. The fourth-order valence-corrected chi connectivity index (χ4v) is 11.4. The molecule has 0 saturated carbocycles. The van der Waals surface area contributed by atoms with Crippen molar-refractivity contribution in [3.63, 3.8) is 0 Å². The predicted octanol–water partition coefficient (Wildman–Crippen LogP) is 20.4. The summed E-state index contributed by atoms with van der Waals surface area (Å²) in [6, 6.07) is 100. The number of aromatic hydroxyl groups is 1. The Morgan fingerprint density at radius 2 is 0.416 bits per heavy atom. The molecule has 9 heteroatoms. The van der Waals surface area contributed by atoms with E-state index in [1.165, 1.54) is 38.3 Å². The van der Waals surface area contributed by atoms with Crippen LogP contribution in [0.3, 0.4) is 0 Å². The lowest BCUT2D eigenvalue weighted by Crippen LogP contribution is -2.02. The lowest BCUT2D eigenvalue weighted by molar-refractivity contribution is -0.109. The molecule has 8 nitrogen and oxygen atoms in total. The Bertz CT molecular complexity index is 4030. The standard InChI is InChI=1S/C16H16O2.C16H16OS.C16H16O.2C15H14O.C14H12O2/c2*1-12-3-5-13(6-4-12)16(11-17)14-7-9-15(18-2)10-8-14;1-12-3-7-14(8-4-12)16(11-17)15-9-5-13(2)6-10-15;2*1-12-7-9-14(10-8-12)15(11-16)13-5-3-2-4-6-13;15-10-14(11-4-2-1-3-5-11)12-6-8-13(16)9-7-12/h2*3-11,16H,1-2H3;3-11,16H,1-2H3;2*2-11,15H,1H3;1-10,14,16H. The fourth-order valence-electron chi connectivity index (χ4n) is 11.0. The van der Waals surface area contributed by atoms with Crippen LogP contribution < -0.4 is 4.74 Å². The number of phenolic OH excluding ortho intramolecular Hbond substituents is 1. The smallest absolute Gasteiger partial charge is 0.131 e. The predicted molar refractivity (Wildman–Crippen MR) is 413 cm³/mol. The number of ether oxygens (including phenoxy) is 1. The summed E-state index contributed by atoms with van der Waals surface area (Å²) in [6.07, 6.45) is 7.97. The first kappa shape index (κ1) is 77.0. The summed E-state index contributed by atoms with van der Waals surface area (Å²) in [5, 5.41) is 9.19. The van der Waals surface area contributed by atoms with Crippen LogP contribution in [0, 0.1) is 41.5 Å². The molecule has 0 radical (unpaired) electrons. The van der Waals surface area contributed by atoms with E-state index < -0.39 is 0 Å². The first-order valence-corrected chi connectivity index (χ1v) is 34.7. The molecular formula is C92H88O8S. The van der Waals surface area contributed by atoms with Crippen molar-refractivity contribution in [3.8, 4) is 11.5 Å².